The maximum atomic E-state index is 12.2. The average Bonchev–Trinajstić information content (AvgIpc) is 2.55. The summed E-state index contributed by atoms with van der Waals surface area (Å²) in [5.74, 6) is 0.205. The zero-order chi connectivity index (χ0) is 15.9. The number of Topliss-reactive ketones (excluding diaryl/α,β-unsaturated/α-hetero) is 1. The van der Waals surface area contributed by atoms with E-state index in [1.165, 1.54) is 7.11 Å². The van der Waals surface area contributed by atoms with E-state index < -0.39 is 5.97 Å². The number of methoxy groups -OCH3 is 1. The molecule has 4 heteroatoms. The van der Waals surface area contributed by atoms with Crippen LogP contribution in [0.2, 0.25) is 0 Å². The molecule has 2 rings (SSSR count). The molecule has 0 heterocycles. The predicted octanol–water partition coefficient (Wildman–Crippen LogP) is 3.90. The second kappa shape index (κ2) is 7.41. The van der Waals surface area contributed by atoms with Gasteiger partial charge in [0.1, 0.15) is 11.5 Å². The topological polar surface area (TPSA) is 52.6 Å². The first-order chi connectivity index (χ1) is 10.7. The Morgan fingerprint density at radius 1 is 1.05 bits per heavy atom. The SMILES string of the molecule is CCCC(=O)c1ccc(OC)cc1OC(=O)c1ccccc1. The number of hydrogen-bond donors (Lipinski definition) is 0. The summed E-state index contributed by atoms with van der Waals surface area (Å²) < 4.78 is 10.5. The van der Waals surface area contributed by atoms with Crippen molar-refractivity contribution in [2.45, 2.75) is 19.8 Å². The minimum Gasteiger partial charge on any atom is -0.497 e. The first-order valence-electron chi connectivity index (χ1n) is 7.14. The fourth-order valence-corrected chi connectivity index (χ4v) is 2.04. The lowest BCUT2D eigenvalue weighted by Crippen LogP contribution is -2.11. The maximum Gasteiger partial charge on any atom is 0.343 e. The van der Waals surface area contributed by atoms with Crippen LogP contribution in [0.15, 0.2) is 48.5 Å². The van der Waals surface area contributed by atoms with Gasteiger partial charge in [0.25, 0.3) is 0 Å². The summed E-state index contributed by atoms with van der Waals surface area (Å²) in [7, 11) is 1.52. The molecule has 114 valence electrons. The monoisotopic (exact) mass is 298 g/mol. The highest BCUT2D eigenvalue weighted by atomic mass is 16.5. The van der Waals surface area contributed by atoms with Gasteiger partial charge in [0.2, 0.25) is 0 Å². The second-order valence-corrected chi connectivity index (χ2v) is 4.79. The van der Waals surface area contributed by atoms with E-state index in [9.17, 15) is 9.59 Å². The number of carbonyl (C=O) groups excluding carboxylic acids is 2. The van der Waals surface area contributed by atoms with E-state index in [-0.39, 0.29) is 11.5 Å². The van der Waals surface area contributed by atoms with Crippen LogP contribution in [0.3, 0.4) is 0 Å². The highest BCUT2D eigenvalue weighted by Gasteiger charge is 2.17. The Balaban J connectivity index is 2.31. The molecule has 0 saturated heterocycles. The zero-order valence-electron chi connectivity index (χ0n) is 12.7. The lowest BCUT2D eigenvalue weighted by molar-refractivity contribution is 0.0732. The van der Waals surface area contributed by atoms with Crippen LogP contribution in [-0.2, 0) is 0 Å². The Labute approximate surface area is 129 Å². The molecule has 0 radical (unpaired) electrons. The van der Waals surface area contributed by atoms with Crippen molar-refractivity contribution in [3.8, 4) is 11.5 Å². The molecule has 0 aliphatic rings. The molecule has 0 spiro atoms. The molecule has 0 amide bonds. The molecule has 2 aromatic carbocycles. The Morgan fingerprint density at radius 2 is 1.77 bits per heavy atom. The largest absolute Gasteiger partial charge is 0.497 e. The Kier molecular flexibility index (Phi) is 5.31. The first kappa shape index (κ1) is 15.8. The number of ether oxygens (including phenoxy) is 2. The van der Waals surface area contributed by atoms with Crippen LogP contribution in [0.1, 0.15) is 40.5 Å². The summed E-state index contributed by atoms with van der Waals surface area (Å²) in [6, 6.07) is 13.5. The molecule has 0 atom stereocenters. The molecule has 2 aromatic rings. The fourth-order valence-electron chi connectivity index (χ4n) is 2.04. The normalized spacial score (nSPS) is 10.1. The lowest BCUT2D eigenvalue weighted by Gasteiger charge is -2.11. The molecule has 0 N–H and O–H groups in total. The standard InChI is InChI=1S/C18H18O4/c1-3-7-16(19)15-11-10-14(21-2)12-17(15)22-18(20)13-8-5-4-6-9-13/h4-6,8-12H,3,7H2,1-2H3. The molecule has 22 heavy (non-hydrogen) atoms. The molecule has 0 unspecified atom stereocenters. The van der Waals surface area contributed by atoms with Crippen molar-refractivity contribution >= 4 is 11.8 Å². The lowest BCUT2D eigenvalue weighted by atomic mass is 10.1. The quantitative estimate of drug-likeness (QED) is 0.461. The molecule has 0 saturated carbocycles. The molecular weight excluding hydrogens is 280 g/mol. The molecule has 4 nitrogen and oxygen atoms in total. The number of esters is 1. The van der Waals surface area contributed by atoms with E-state index in [4.69, 9.17) is 9.47 Å². The van der Waals surface area contributed by atoms with Gasteiger partial charge in [-0.1, -0.05) is 25.1 Å². The zero-order valence-corrected chi connectivity index (χ0v) is 12.7. The number of rotatable bonds is 6. The van der Waals surface area contributed by atoms with E-state index in [0.29, 0.717) is 23.3 Å². The average molecular weight is 298 g/mol. The van der Waals surface area contributed by atoms with Gasteiger partial charge < -0.3 is 9.47 Å². The Bertz CT molecular complexity index is 662. The third-order valence-corrected chi connectivity index (χ3v) is 3.18. The molecular formula is C18H18O4. The van der Waals surface area contributed by atoms with E-state index in [2.05, 4.69) is 0 Å². The van der Waals surface area contributed by atoms with Crippen LogP contribution < -0.4 is 9.47 Å². The van der Waals surface area contributed by atoms with Gasteiger partial charge in [-0.25, -0.2) is 4.79 Å². The summed E-state index contributed by atoms with van der Waals surface area (Å²) in [5, 5.41) is 0. The van der Waals surface area contributed by atoms with Gasteiger partial charge in [0.15, 0.2) is 5.78 Å². The van der Waals surface area contributed by atoms with E-state index >= 15 is 0 Å². The fraction of sp³-hybridized carbons (Fsp3) is 0.222. The number of carbonyl (C=O) groups is 2. The van der Waals surface area contributed by atoms with Gasteiger partial charge >= 0.3 is 5.97 Å². The van der Waals surface area contributed by atoms with Gasteiger partial charge in [-0.05, 0) is 30.7 Å². The van der Waals surface area contributed by atoms with Crippen molar-refractivity contribution in [3.63, 3.8) is 0 Å². The molecule has 0 aliphatic heterocycles. The third kappa shape index (κ3) is 3.73. The highest BCUT2D eigenvalue weighted by molar-refractivity contribution is 6.00. The van der Waals surface area contributed by atoms with Crippen LogP contribution in [0.4, 0.5) is 0 Å². The summed E-state index contributed by atoms with van der Waals surface area (Å²) in [6.45, 7) is 1.93. The van der Waals surface area contributed by atoms with Gasteiger partial charge in [-0.15, -0.1) is 0 Å². The summed E-state index contributed by atoms with van der Waals surface area (Å²) in [5.41, 5.74) is 0.825. The minimum atomic E-state index is -0.501. The molecule has 0 aliphatic carbocycles. The predicted molar refractivity (Wildman–Crippen MR) is 83.6 cm³/mol. The highest BCUT2D eigenvalue weighted by Crippen LogP contribution is 2.27. The third-order valence-electron chi connectivity index (χ3n) is 3.18. The second-order valence-electron chi connectivity index (χ2n) is 4.79. The van der Waals surface area contributed by atoms with Crippen molar-refractivity contribution in [1.82, 2.24) is 0 Å². The molecule has 0 bridgehead atoms. The van der Waals surface area contributed by atoms with Crippen LogP contribution in [-0.4, -0.2) is 18.9 Å². The number of benzene rings is 2. The van der Waals surface area contributed by atoms with Crippen LogP contribution in [0.5, 0.6) is 11.5 Å². The first-order valence-corrected chi connectivity index (χ1v) is 7.14. The van der Waals surface area contributed by atoms with Crippen molar-refractivity contribution in [2.75, 3.05) is 7.11 Å². The van der Waals surface area contributed by atoms with Crippen LogP contribution >= 0.6 is 0 Å². The minimum absolute atomic E-state index is 0.0546. The summed E-state index contributed by atoms with van der Waals surface area (Å²) in [4.78, 5) is 24.3. The van der Waals surface area contributed by atoms with Crippen molar-refractivity contribution in [3.05, 3.63) is 59.7 Å². The van der Waals surface area contributed by atoms with Gasteiger partial charge in [-0.2, -0.15) is 0 Å². The van der Waals surface area contributed by atoms with E-state index in [1.807, 2.05) is 13.0 Å². The van der Waals surface area contributed by atoms with Gasteiger partial charge in [0.05, 0.1) is 18.2 Å². The van der Waals surface area contributed by atoms with Crippen molar-refractivity contribution < 1.29 is 19.1 Å². The van der Waals surface area contributed by atoms with Crippen molar-refractivity contribution in [1.29, 1.82) is 0 Å². The van der Waals surface area contributed by atoms with Gasteiger partial charge in [0, 0.05) is 12.5 Å². The maximum absolute atomic E-state index is 12.2. The number of ketones is 1. The van der Waals surface area contributed by atoms with E-state index in [1.54, 1.807) is 42.5 Å². The van der Waals surface area contributed by atoms with E-state index in [0.717, 1.165) is 6.42 Å². The number of hydrogen-bond acceptors (Lipinski definition) is 4. The Hall–Kier alpha value is -2.62. The van der Waals surface area contributed by atoms with Crippen LogP contribution in [0.25, 0.3) is 0 Å². The summed E-state index contributed by atoms with van der Waals surface area (Å²) >= 11 is 0. The summed E-state index contributed by atoms with van der Waals surface area (Å²) in [6.07, 6.45) is 1.14. The van der Waals surface area contributed by atoms with Crippen LogP contribution in [0, 0.1) is 0 Å². The smallest absolute Gasteiger partial charge is 0.343 e. The van der Waals surface area contributed by atoms with Gasteiger partial charge in [-0.3, -0.25) is 4.79 Å². The Morgan fingerprint density at radius 3 is 2.41 bits per heavy atom. The van der Waals surface area contributed by atoms with Crippen molar-refractivity contribution in [2.24, 2.45) is 0 Å². The molecule has 0 fully saturated rings. The molecule has 0 aromatic heterocycles.